The van der Waals surface area contributed by atoms with Crippen LogP contribution >= 0.6 is 0 Å². The lowest BCUT2D eigenvalue weighted by molar-refractivity contribution is -0.140. The fraction of sp³-hybridized carbons (Fsp3) is 0.651. The van der Waals surface area contributed by atoms with E-state index in [4.69, 9.17) is 11.5 Å². The number of carbonyl (C=O) groups excluding carboxylic acids is 5. The van der Waals surface area contributed by atoms with Crippen LogP contribution in [0.1, 0.15) is 54.4 Å². The number of nitrogens with one attached hydrogen (secondary N) is 2. The molecule has 24 heteroatoms. The molecular weight excluding hydrogens is 880 g/mol. The monoisotopic (exact) mass is 949 g/mol. The van der Waals surface area contributed by atoms with E-state index in [0.29, 0.717) is 37.8 Å². The van der Waals surface area contributed by atoms with E-state index in [2.05, 4.69) is 15.6 Å². The highest BCUT2D eigenvalue weighted by molar-refractivity contribution is 5.96. The van der Waals surface area contributed by atoms with Gasteiger partial charge in [-0.3, -0.25) is 62.9 Å². The van der Waals surface area contributed by atoms with Crippen molar-refractivity contribution >= 4 is 53.4 Å². The summed E-state index contributed by atoms with van der Waals surface area (Å²) in [6.07, 6.45) is 0.959. The molecule has 2 aliphatic rings. The Morgan fingerprint density at radius 2 is 1.27 bits per heavy atom. The molecule has 0 saturated carbocycles. The third kappa shape index (κ3) is 21.9. The molecule has 1 aromatic rings. The summed E-state index contributed by atoms with van der Waals surface area (Å²) < 4.78 is 13.4. The second-order valence-corrected chi connectivity index (χ2v) is 16.9. The quantitative estimate of drug-likeness (QED) is 0.0323. The van der Waals surface area contributed by atoms with Crippen LogP contribution in [0.25, 0.3) is 0 Å². The molecule has 0 spiro atoms. The van der Waals surface area contributed by atoms with Crippen molar-refractivity contribution in [3.8, 4) is 0 Å². The zero-order valence-electron chi connectivity index (χ0n) is 38.7. The Morgan fingerprint density at radius 1 is 0.746 bits per heavy atom. The Morgan fingerprint density at radius 3 is 1.75 bits per heavy atom. The summed E-state index contributed by atoms with van der Waals surface area (Å²) in [5.74, 6) is -5.11. The summed E-state index contributed by atoms with van der Waals surface area (Å²) >= 11 is 0. The topological polar surface area (TPSA) is 308 Å². The summed E-state index contributed by atoms with van der Waals surface area (Å²) in [6.45, 7) is 1.54. The van der Waals surface area contributed by atoms with E-state index in [1.54, 1.807) is 62.9 Å². The smallest absolute Gasteiger partial charge is 0.317 e. The van der Waals surface area contributed by atoms with Gasteiger partial charge in [-0.15, -0.1) is 0 Å². The highest BCUT2D eigenvalue weighted by Crippen LogP contribution is 2.13. The van der Waals surface area contributed by atoms with Crippen molar-refractivity contribution in [2.24, 2.45) is 16.5 Å². The van der Waals surface area contributed by atoms with Crippen molar-refractivity contribution in [3.63, 3.8) is 0 Å². The predicted molar refractivity (Wildman–Crippen MR) is 243 cm³/mol. The highest BCUT2D eigenvalue weighted by Gasteiger charge is 2.28. The van der Waals surface area contributed by atoms with E-state index in [1.165, 1.54) is 9.80 Å². The van der Waals surface area contributed by atoms with Gasteiger partial charge in [-0.25, -0.2) is 4.39 Å². The first kappa shape index (κ1) is 55.3. The maximum atomic E-state index is 13.8. The molecular formula is C43H69FN12O11. The largest absolute Gasteiger partial charge is 0.480 e. The van der Waals surface area contributed by atoms with E-state index in [9.17, 15) is 58.1 Å². The van der Waals surface area contributed by atoms with E-state index in [0.717, 1.165) is 5.56 Å². The van der Waals surface area contributed by atoms with E-state index in [-0.39, 0.29) is 148 Å². The summed E-state index contributed by atoms with van der Waals surface area (Å²) in [7, 11) is 3.26. The van der Waals surface area contributed by atoms with Gasteiger partial charge in [0.2, 0.25) is 23.6 Å². The van der Waals surface area contributed by atoms with Crippen LogP contribution in [-0.4, -0.2) is 241 Å². The molecule has 2 saturated heterocycles. The average molecular weight is 949 g/mol. The summed E-state index contributed by atoms with van der Waals surface area (Å²) in [6, 6.07) is 5.67. The van der Waals surface area contributed by atoms with Crippen molar-refractivity contribution < 1.29 is 58.1 Å². The Bertz CT molecular complexity index is 1820. The molecule has 67 heavy (non-hydrogen) atoms. The Hall–Kier alpha value is -5.98. The number of benzene rings is 1. The molecule has 2 aliphatic heterocycles. The molecule has 5 amide bonds. The van der Waals surface area contributed by atoms with Crippen molar-refractivity contribution in [2.45, 2.75) is 57.3 Å². The minimum absolute atomic E-state index is 0.0320. The zero-order chi connectivity index (χ0) is 49.5. The Labute approximate surface area is 390 Å². The van der Waals surface area contributed by atoms with Gasteiger partial charge in [-0.1, -0.05) is 12.1 Å². The summed E-state index contributed by atoms with van der Waals surface area (Å²) in [5.41, 5.74) is 12.1. The fourth-order valence-corrected chi connectivity index (χ4v) is 7.62. The van der Waals surface area contributed by atoms with Crippen LogP contribution in [-0.2, 0) is 40.1 Å². The van der Waals surface area contributed by atoms with Crippen LogP contribution in [0.15, 0.2) is 29.3 Å². The Kier molecular flexibility index (Phi) is 23.9. The summed E-state index contributed by atoms with van der Waals surface area (Å²) in [4.78, 5) is 115. The molecule has 2 atom stereocenters. The SMILES string of the molecule is CN(Cc1ccc(C(=O)NCC(=O)N2CCC(F)C2)cc1)C(=O)CCCCN(C)C(=O)[C@H](CCCN=C(N)N)NC(=O)CN1CCN(CC(=O)O)CCN(CC(=O)O)CCN(CC(=O)O)CC1. The number of likely N-dealkylation sites (N-methyl/N-ethyl adjacent to an activating group) is 1. The fourth-order valence-electron chi connectivity index (χ4n) is 7.62. The third-order valence-electron chi connectivity index (χ3n) is 11.4. The third-order valence-corrected chi connectivity index (χ3v) is 11.4. The number of rotatable bonds is 24. The van der Waals surface area contributed by atoms with Crippen LogP contribution in [0.3, 0.4) is 0 Å². The van der Waals surface area contributed by atoms with Crippen molar-refractivity contribution in [2.75, 3.05) is 125 Å². The normalized spacial score (nSPS) is 17.3. The van der Waals surface area contributed by atoms with Crippen LogP contribution in [0, 0.1) is 0 Å². The zero-order valence-corrected chi connectivity index (χ0v) is 38.7. The first-order valence-electron chi connectivity index (χ1n) is 22.5. The number of hydrogen-bond donors (Lipinski definition) is 7. The van der Waals surface area contributed by atoms with Crippen molar-refractivity contribution in [3.05, 3.63) is 35.4 Å². The number of aliphatic carboxylic acids is 3. The number of nitrogens with zero attached hydrogens (tertiary/aromatic N) is 8. The van der Waals surface area contributed by atoms with Crippen LogP contribution in [0.5, 0.6) is 0 Å². The first-order valence-corrected chi connectivity index (χ1v) is 22.5. The van der Waals surface area contributed by atoms with Gasteiger partial charge in [0.25, 0.3) is 5.91 Å². The van der Waals surface area contributed by atoms with Gasteiger partial charge >= 0.3 is 17.9 Å². The molecule has 2 heterocycles. The molecule has 374 valence electrons. The number of amides is 5. The maximum Gasteiger partial charge on any atom is 0.317 e. The van der Waals surface area contributed by atoms with Gasteiger partial charge in [0.05, 0.1) is 39.3 Å². The lowest BCUT2D eigenvalue weighted by Gasteiger charge is -2.33. The maximum absolute atomic E-state index is 13.8. The number of unbranched alkanes of at least 4 members (excludes halogenated alkanes) is 1. The number of halogens is 1. The number of carboxylic acid groups (broad SMARTS) is 3. The molecule has 1 unspecified atom stereocenters. The molecule has 0 aliphatic carbocycles. The molecule has 0 aromatic heterocycles. The number of nitrogens with two attached hydrogens (primary N) is 2. The van der Waals surface area contributed by atoms with E-state index < -0.39 is 41.9 Å². The molecule has 23 nitrogen and oxygen atoms in total. The van der Waals surface area contributed by atoms with Gasteiger partial charge < -0.3 is 52.1 Å². The minimum atomic E-state index is -1.08. The van der Waals surface area contributed by atoms with E-state index >= 15 is 0 Å². The van der Waals surface area contributed by atoms with Crippen molar-refractivity contribution in [1.29, 1.82) is 0 Å². The van der Waals surface area contributed by atoms with Crippen LogP contribution < -0.4 is 22.1 Å². The van der Waals surface area contributed by atoms with Gasteiger partial charge in [-0.05, 0) is 49.8 Å². The lowest BCUT2D eigenvalue weighted by atomic mass is 10.1. The second-order valence-electron chi connectivity index (χ2n) is 16.9. The standard InChI is InChI=1S/C43H69FN12O11/c1-50(14-4-3-7-36(58)51(2)25-31-8-10-32(11-9-31)41(66)48-24-37(59)56-15-12-33(44)26-56)42(67)34(6-5-13-47-43(45)46)49-35(57)27-52-16-18-53(28-38(60)61)20-22-55(30-40(64)65)23-21-54(19-17-52)29-39(62)63/h8-11,33-34H,3-7,12-30H2,1-2H3,(H,48,66)(H,49,57)(H,60,61)(H,62,63)(H,64,65)(H4,45,46,47)/t33?,34-/m0/s1. The minimum Gasteiger partial charge on any atom is -0.480 e. The number of alkyl halides is 1. The molecule has 0 bridgehead atoms. The number of hydrogen-bond acceptors (Lipinski definition) is 13. The molecule has 1 aromatic carbocycles. The van der Waals surface area contributed by atoms with Gasteiger partial charge in [0, 0.05) is 105 Å². The number of guanidine groups is 1. The Balaban J connectivity index is 1.55. The molecule has 2 fully saturated rings. The first-order chi connectivity index (χ1) is 31.8. The van der Waals surface area contributed by atoms with Gasteiger partial charge in [-0.2, -0.15) is 0 Å². The molecule has 9 N–H and O–H groups in total. The number of carbonyl (C=O) groups is 8. The number of aliphatic imine (C=N–C) groups is 1. The second kappa shape index (κ2) is 28.9. The highest BCUT2D eigenvalue weighted by atomic mass is 19.1. The molecule has 0 radical (unpaired) electrons. The van der Waals surface area contributed by atoms with Crippen molar-refractivity contribution in [1.82, 2.24) is 44.9 Å². The van der Waals surface area contributed by atoms with Crippen LogP contribution in [0.2, 0.25) is 0 Å². The lowest BCUT2D eigenvalue weighted by Crippen LogP contribution is -2.52. The van der Waals surface area contributed by atoms with Gasteiger partial charge in [0.1, 0.15) is 12.2 Å². The molecule has 3 rings (SSSR count). The van der Waals surface area contributed by atoms with Gasteiger partial charge in [0.15, 0.2) is 5.96 Å². The number of carboxylic acids is 3. The van der Waals surface area contributed by atoms with E-state index in [1.807, 2.05) is 0 Å². The predicted octanol–water partition coefficient (Wildman–Crippen LogP) is -2.41. The summed E-state index contributed by atoms with van der Waals surface area (Å²) in [5, 5.41) is 33.9. The van der Waals surface area contributed by atoms with Crippen LogP contribution in [0.4, 0.5) is 4.39 Å². The number of likely N-dealkylation sites (tertiary alicyclic amines) is 1. The average Bonchev–Trinajstić information content (AvgIpc) is 3.71.